The van der Waals surface area contributed by atoms with Gasteiger partial charge in [-0.15, -0.1) is 0 Å². The van der Waals surface area contributed by atoms with Crippen molar-refractivity contribution in [3.8, 4) is 0 Å². The van der Waals surface area contributed by atoms with E-state index in [0.29, 0.717) is 0 Å². The molecular weight excluding hydrogens is 356 g/mol. The zero-order chi connectivity index (χ0) is 20.5. The van der Waals surface area contributed by atoms with E-state index < -0.39 is 0 Å². The molecular formula is C26H50N2O. The second-order valence-electron chi connectivity index (χ2n) is 8.68. The number of aryl methyl sites for hydroxylation is 1. The van der Waals surface area contributed by atoms with Gasteiger partial charge in [0.05, 0.1) is 13.2 Å². The molecule has 170 valence electrons. The molecule has 3 nitrogen and oxygen atoms in total. The smallest absolute Gasteiger partial charge is 0.0594 e. The molecule has 1 saturated carbocycles. The van der Waals surface area contributed by atoms with Crippen LogP contribution >= 0.6 is 0 Å². The van der Waals surface area contributed by atoms with Gasteiger partial charge in [-0.3, -0.25) is 0 Å². The largest absolute Gasteiger partial charge is 0.379 e. The monoisotopic (exact) mass is 406 g/mol. The summed E-state index contributed by atoms with van der Waals surface area (Å²) >= 11 is 0. The summed E-state index contributed by atoms with van der Waals surface area (Å²) in [4.78, 5) is 4.66. The number of benzene rings is 1. The van der Waals surface area contributed by atoms with E-state index in [-0.39, 0.29) is 7.43 Å². The van der Waals surface area contributed by atoms with Crippen molar-refractivity contribution in [1.82, 2.24) is 9.80 Å². The van der Waals surface area contributed by atoms with Crippen LogP contribution < -0.4 is 0 Å². The van der Waals surface area contributed by atoms with Crippen LogP contribution in [0, 0.1) is 12.8 Å². The Morgan fingerprint density at radius 1 is 0.724 bits per heavy atom. The van der Waals surface area contributed by atoms with Gasteiger partial charge in [-0.1, -0.05) is 88.8 Å². The molecule has 3 heteroatoms. The Kier molecular flexibility index (Phi) is 18.5. The topological polar surface area (TPSA) is 15.7 Å². The Labute approximate surface area is 182 Å². The summed E-state index contributed by atoms with van der Waals surface area (Å²) in [5, 5.41) is 0. The molecule has 0 N–H and O–H groups in total. The third-order valence-corrected chi connectivity index (χ3v) is 5.65. The Morgan fingerprint density at radius 3 is 1.48 bits per heavy atom. The van der Waals surface area contributed by atoms with Crippen molar-refractivity contribution >= 4 is 0 Å². The van der Waals surface area contributed by atoms with Crippen LogP contribution in [0.25, 0.3) is 0 Å². The molecule has 0 unspecified atom stereocenters. The molecule has 0 spiro atoms. The predicted molar refractivity (Wildman–Crippen MR) is 130 cm³/mol. The Bertz CT molecular complexity index is 395. The van der Waals surface area contributed by atoms with Gasteiger partial charge in [0, 0.05) is 13.1 Å². The first-order valence-corrected chi connectivity index (χ1v) is 11.5. The number of piperidine rings is 1. The first-order valence-electron chi connectivity index (χ1n) is 11.5. The molecule has 3 aliphatic rings. The lowest BCUT2D eigenvalue weighted by Gasteiger charge is -2.21. The van der Waals surface area contributed by atoms with Crippen molar-refractivity contribution in [2.24, 2.45) is 5.92 Å². The lowest BCUT2D eigenvalue weighted by atomic mass is 9.91. The first kappa shape index (κ1) is 28.1. The van der Waals surface area contributed by atoms with Crippen LogP contribution in [-0.4, -0.2) is 63.3 Å². The number of hydrogen-bond acceptors (Lipinski definition) is 3. The maximum atomic E-state index is 5.10. The second-order valence-corrected chi connectivity index (χ2v) is 8.68. The van der Waals surface area contributed by atoms with Gasteiger partial charge in [-0.2, -0.15) is 0 Å². The van der Waals surface area contributed by atoms with Crippen LogP contribution in [0.5, 0.6) is 0 Å². The molecule has 1 aromatic carbocycles. The summed E-state index contributed by atoms with van der Waals surface area (Å²) in [6, 6.07) is 10.3. The predicted octanol–water partition coefficient (Wildman–Crippen LogP) is 6.27. The molecule has 0 amide bonds. The van der Waals surface area contributed by atoms with Crippen molar-refractivity contribution < 1.29 is 4.74 Å². The third kappa shape index (κ3) is 17.7. The normalized spacial score (nSPS) is 20.4. The summed E-state index contributed by atoms with van der Waals surface area (Å²) in [6.07, 6.45) is 11.7. The fourth-order valence-electron chi connectivity index (χ4n) is 3.55. The number of ether oxygens (including phenoxy) is 1. The van der Waals surface area contributed by atoms with Gasteiger partial charge < -0.3 is 14.5 Å². The van der Waals surface area contributed by atoms with E-state index in [9.17, 15) is 0 Å². The summed E-state index contributed by atoms with van der Waals surface area (Å²) < 4.78 is 5.10. The van der Waals surface area contributed by atoms with E-state index in [1.165, 1.54) is 70.0 Å². The minimum absolute atomic E-state index is 0. The van der Waals surface area contributed by atoms with Crippen molar-refractivity contribution in [3.63, 3.8) is 0 Å². The molecule has 29 heavy (non-hydrogen) atoms. The van der Waals surface area contributed by atoms with Gasteiger partial charge >= 0.3 is 0 Å². The minimum Gasteiger partial charge on any atom is -0.379 e. The summed E-state index contributed by atoms with van der Waals surface area (Å²) in [5.41, 5.74) is 1.32. The van der Waals surface area contributed by atoms with Gasteiger partial charge in [0.15, 0.2) is 0 Å². The Morgan fingerprint density at radius 2 is 1.21 bits per heavy atom. The van der Waals surface area contributed by atoms with Gasteiger partial charge in [-0.25, -0.2) is 0 Å². The van der Waals surface area contributed by atoms with Crippen molar-refractivity contribution in [1.29, 1.82) is 0 Å². The number of likely N-dealkylation sites (tertiary alicyclic amines) is 1. The Hall–Kier alpha value is -0.900. The zero-order valence-electron chi connectivity index (χ0n) is 19.2. The molecule has 4 rings (SSSR count). The van der Waals surface area contributed by atoms with Gasteiger partial charge in [0.25, 0.3) is 0 Å². The molecule has 2 saturated heterocycles. The van der Waals surface area contributed by atoms with Crippen molar-refractivity contribution in [3.05, 3.63) is 35.9 Å². The van der Waals surface area contributed by atoms with Gasteiger partial charge in [0.2, 0.25) is 0 Å². The van der Waals surface area contributed by atoms with Gasteiger partial charge in [-0.05, 0) is 52.9 Å². The highest BCUT2D eigenvalue weighted by molar-refractivity contribution is 5.11. The third-order valence-electron chi connectivity index (χ3n) is 5.65. The van der Waals surface area contributed by atoms with Crippen LogP contribution in [0.1, 0.15) is 71.3 Å². The summed E-state index contributed by atoms with van der Waals surface area (Å²) in [7, 11) is 4.31. The molecule has 1 aromatic rings. The highest BCUT2D eigenvalue weighted by Crippen LogP contribution is 2.22. The molecule has 0 radical (unpaired) electrons. The molecule has 1 aliphatic carbocycles. The highest BCUT2D eigenvalue weighted by atomic mass is 16.5. The molecule has 2 heterocycles. The van der Waals surface area contributed by atoms with E-state index in [1.54, 1.807) is 0 Å². The quantitative estimate of drug-likeness (QED) is 0.505. The highest BCUT2D eigenvalue weighted by Gasteiger charge is 2.06. The fourth-order valence-corrected chi connectivity index (χ4v) is 3.55. The SMILES string of the molecule is C.CC1CCCCC1.CN1CCCCC1.CN1CCOCC1.Cc1ccccc1. The van der Waals surface area contributed by atoms with Crippen LogP contribution in [-0.2, 0) is 4.74 Å². The molecule has 0 bridgehead atoms. The van der Waals surface area contributed by atoms with E-state index in [4.69, 9.17) is 4.74 Å². The lowest BCUT2D eigenvalue weighted by Crippen LogP contribution is -2.32. The van der Waals surface area contributed by atoms with Crippen molar-refractivity contribution in [2.45, 2.75) is 72.6 Å². The number of rotatable bonds is 0. The Balaban J connectivity index is 0.000000356. The molecule has 3 fully saturated rings. The van der Waals surface area contributed by atoms with Crippen LogP contribution in [0.2, 0.25) is 0 Å². The maximum Gasteiger partial charge on any atom is 0.0594 e. The summed E-state index contributed by atoms with van der Waals surface area (Å²) in [6.45, 7) is 11.1. The number of nitrogens with zero attached hydrogens (tertiary/aromatic N) is 2. The maximum absolute atomic E-state index is 5.10. The minimum atomic E-state index is 0. The average molecular weight is 407 g/mol. The van der Waals surface area contributed by atoms with E-state index in [0.717, 1.165) is 32.2 Å². The van der Waals surface area contributed by atoms with E-state index in [2.05, 4.69) is 49.9 Å². The second kappa shape index (κ2) is 19.1. The average Bonchev–Trinajstić information content (AvgIpc) is 2.72. The van der Waals surface area contributed by atoms with E-state index >= 15 is 0 Å². The molecule has 0 atom stereocenters. The fraction of sp³-hybridized carbons (Fsp3) is 0.769. The number of hydrogen-bond donors (Lipinski definition) is 0. The summed E-state index contributed by atoms with van der Waals surface area (Å²) in [5.74, 6) is 1.04. The first-order chi connectivity index (χ1) is 13.6. The zero-order valence-corrected chi connectivity index (χ0v) is 19.2. The number of likely N-dealkylation sites (N-methyl/N-ethyl adjacent to an activating group) is 1. The van der Waals surface area contributed by atoms with E-state index in [1.807, 2.05) is 18.2 Å². The van der Waals surface area contributed by atoms with Crippen LogP contribution in [0.3, 0.4) is 0 Å². The van der Waals surface area contributed by atoms with Gasteiger partial charge in [0.1, 0.15) is 0 Å². The standard InChI is InChI=1S/C7H14.C7H8.C6H13N.C5H11NO.CH4/c3*1-7-5-3-2-4-6-7;1-6-2-4-7-5-3-6;/h7H,2-6H2,1H3;2-6H,1H3;2-6H2,1H3;2-5H2,1H3;1H4. The van der Waals surface area contributed by atoms with Crippen molar-refractivity contribution in [2.75, 3.05) is 53.5 Å². The van der Waals surface area contributed by atoms with Crippen LogP contribution in [0.15, 0.2) is 30.3 Å². The van der Waals surface area contributed by atoms with Crippen LogP contribution in [0.4, 0.5) is 0 Å². The number of morpholine rings is 1. The molecule has 0 aromatic heterocycles. The lowest BCUT2D eigenvalue weighted by molar-refractivity contribution is 0.0503. The molecule has 2 aliphatic heterocycles.